The van der Waals surface area contributed by atoms with Crippen LogP contribution in [0.15, 0.2) is 35.5 Å². The summed E-state index contributed by atoms with van der Waals surface area (Å²) in [7, 11) is 0. The van der Waals surface area contributed by atoms with Crippen molar-refractivity contribution in [3.05, 3.63) is 45.7 Å². The minimum absolute atomic E-state index is 0.312. The average molecular weight is 399 g/mol. The molecule has 1 aromatic carbocycles. The third-order valence-electron chi connectivity index (χ3n) is 3.98. The average Bonchev–Trinajstić information content (AvgIpc) is 2.98. The monoisotopic (exact) mass is 399 g/mol. The molecule has 0 N–H and O–H groups in total. The lowest BCUT2D eigenvalue weighted by atomic mass is 10.2. The summed E-state index contributed by atoms with van der Waals surface area (Å²) < 4.78 is 40.0. The van der Waals surface area contributed by atoms with Gasteiger partial charge in [0.2, 0.25) is 0 Å². The summed E-state index contributed by atoms with van der Waals surface area (Å²) in [4.78, 5) is 19.9. The van der Waals surface area contributed by atoms with Crippen LogP contribution in [0, 0.1) is 6.92 Å². The number of hydrogen-bond donors (Lipinski definition) is 0. The van der Waals surface area contributed by atoms with Crippen molar-refractivity contribution in [2.45, 2.75) is 46.2 Å². The molecule has 148 valence electrons. The molecule has 2 rings (SSSR count). The van der Waals surface area contributed by atoms with Gasteiger partial charge in [-0.05, 0) is 44.0 Å². The van der Waals surface area contributed by atoms with E-state index < -0.39 is 11.7 Å². The number of urea groups is 1. The Balaban J connectivity index is 2.36. The smallest absolute Gasteiger partial charge is 0.323 e. The first kappa shape index (κ1) is 21.2. The van der Waals surface area contributed by atoms with Crippen molar-refractivity contribution in [3.8, 4) is 5.69 Å². The molecule has 27 heavy (non-hydrogen) atoms. The molecular weight excluding hydrogens is 375 g/mol. The van der Waals surface area contributed by atoms with E-state index in [1.165, 1.54) is 23.5 Å². The second-order valence-electron chi connectivity index (χ2n) is 6.27. The highest BCUT2D eigenvalue weighted by Gasteiger charge is 2.30. The number of alkyl halides is 3. The fraction of sp³-hybridized carbons (Fsp3) is 0.474. The van der Waals surface area contributed by atoms with Crippen molar-refractivity contribution in [2.24, 2.45) is 4.99 Å². The molecule has 0 spiro atoms. The van der Waals surface area contributed by atoms with E-state index in [1.54, 1.807) is 15.7 Å². The van der Waals surface area contributed by atoms with Gasteiger partial charge in [0, 0.05) is 29.9 Å². The third-order valence-corrected chi connectivity index (χ3v) is 4.88. The number of aryl methyl sites for hydroxylation is 1. The van der Waals surface area contributed by atoms with Crippen LogP contribution in [-0.4, -0.2) is 28.6 Å². The highest BCUT2D eigenvalue weighted by atomic mass is 32.1. The van der Waals surface area contributed by atoms with Crippen LogP contribution in [0.3, 0.4) is 0 Å². The molecule has 0 aliphatic rings. The summed E-state index contributed by atoms with van der Waals surface area (Å²) >= 11 is 1.33. The molecule has 0 aliphatic heterocycles. The van der Waals surface area contributed by atoms with Crippen LogP contribution in [-0.2, 0) is 6.18 Å². The molecular formula is C19H24F3N3OS. The summed E-state index contributed by atoms with van der Waals surface area (Å²) in [5.41, 5.74) is -0.170. The fourth-order valence-electron chi connectivity index (χ4n) is 2.60. The zero-order chi connectivity index (χ0) is 20.0. The topological polar surface area (TPSA) is 37.6 Å². The Morgan fingerprint density at radius 2 is 1.81 bits per heavy atom. The van der Waals surface area contributed by atoms with Crippen LogP contribution < -0.4 is 4.80 Å². The lowest BCUT2D eigenvalue weighted by molar-refractivity contribution is -0.137. The number of unbranched alkanes of at least 4 members (excludes halogenated alkanes) is 1. The summed E-state index contributed by atoms with van der Waals surface area (Å²) in [6, 6.07) is 4.53. The number of carbonyl (C=O) groups is 1. The Kier molecular flexibility index (Phi) is 7.24. The van der Waals surface area contributed by atoms with Gasteiger partial charge in [0.15, 0.2) is 4.80 Å². The Hall–Kier alpha value is -2.09. The molecule has 0 bridgehead atoms. The molecule has 0 saturated carbocycles. The largest absolute Gasteiger partial charge is 0.416 e. The van der Waals surface area contributed by atoms with Gasteiger partial charge in [0.25, 0.3) is 0 Å². The predicted octanol–water partition coefficient (Wildman–Crippen LogP) is 5.40. The van der Waals surface area contributed by atoms with Gasteiger partial charge in [-0.25, -0.2) is 4.79 Å². The van der Waals surface area contributed by atoms with Crippen molar-refractivity contribution >= 4 is 17.4 Å². The molecule has 0 atom stereocenters. The lowest BCUT2D eigenvalue weighted by Gasteiger charge is -2.18. The molecule has 4 nitrogen and oxygen atoms in total. The zero-order valence-corrected chi connectivity index (χ0v) is 16.5. The van der Waals surface area contributed by atoms with Gasteiger partial charge in [-0.3, -0.25) is 4.57 Å². The molecule has 2 amide bonds. The predicted molar refractivity (Wildman–Crippen MR) is 101 cm³/mol. The fourth-order valence-corrected chi connectivity index (χ4v) is 3.43. The van der Waals surface area contributed by atoms with Crippen LogP contribution in [0.25, 0.3) is 5.69 Å². The van der Waals surface area contributed by atoms with Crippen LogP contribution in [0.1, 0.15) is 43.6 Å². The normalized spacial score (nSPS) is 12.4. The van der Waals surface area contributed by atoms with E-state index in [9.17, 15) is 18.0 Å². The highest BCUT2D eigenvalue weighted by molar-refractivity contribution is 7.09. The van der Waals surface area contributed by atoms with Gasteiger partial charge in [-0.2, -0.15) is 18.2 Å². The molecule has 0 saturated heterocycles. The van der Waals surface area contributed by atoms with E-state index in [0.717, 1.165) is 36.3 Å². The van der Waals surface area contributed by atoms with E-state index in [-0.39, 0.29) is 6.03 Å². The second-order valence-corrected chi connectivity index (χ2v) is 7.49. The zero-order valence-electron chi connectivity index (χ0n) is 15.7. The number of amides is 2. The van der Waals surface area contributed by atoms with Gasteiger partial charge in [0.1, 0.15) is 0 Å². The molecule has 1 aromatic heterocycles. The second kappa shape index (κ2) is 9.21. The highest BCUT2D eigenvalue weighted by Crippen LogP contribution is 2.29. The molecule has 1 heterocycles. The molecule has 0 unspecified atom stereocenters. The summed E-state index contributed by atoms with van der Waals surface area (Å²) in [5.74, 6) is 0. The first-order valence-electron chi connectivity index (χ1n) is 8.96. The number of rotatable bonds is 6. The van der Waals surface area contributed by atoms with Gasteiger partial charge in [-0.15, -0.1) is 11.3 Å². The van der Waals surface area contributed by atoms with Crippen molar-refractivity contribution in [3.63, 3.8) is 0 Å². The first-order valence-corrected chi connectivity index (χ1v) is 9.78. The van der Waals surface area contributed by atoms with Crippen molar-refractivity contribution < 1.29 is 18.0 Å². The van der Waals surface area contributed by atoms with Gasteiger partial charge in [0.05, 0.1) is 5.56 Å². The summed E-state index contributed by atoms with van der Waals surface area (Å²) in [6.07, 6.45) is 0.126. The van der Waals surface area contributed by atoms with E-state index in [2.05, 4.69) is 11.9 Å². The van der Waals surface area contributed by atoms with E-state index >= 15 is 0 Å². The SMILES string of the molecule is CCCCN(CCC)C(=O)/N=c1\sc(C)cn1-c1ccc(C(F)(F)F)cc1. The van der Waals surface area contributed by atoms with Gasteiger partial charge < -0.3 is 4.90 Å². The maximum absolute atomic E-state index is 12.8. The number of thiazole rings is 1. The Bertz CT molecular complexity index is 822. The number of nitrogens with zero attached hydrogens (tertiary/aromatic N) is 3. The van der Waals surface area contributed by atoms with Crippen molar-refractivity contribution in [1.29, 1.82) is 0 Å². The van der Waals surface area contributed by atoms with E-state index in [1.807, 2.05) is 13.8 Å². The Labute approximate surface area is 161 Å². The molecule has 0 fully saturated rings. The molecule has 0 radical (unpaired) electrons. The molecule has 8 heteroatoms. The summed E-state index contributed by atoms with van der Waals surface area (Å²) in [5, 5.41) is 0. The third kappa shape index (κ3) is 5.69. The number of hydrogen-bond acceptors (Lipinski definition) is 2. The van der Waals surface area contributed by atoms with Crippen LogP contribution >= 0.6 is 11.3 Å². The molecule has 2 aromatic rings. The number of benzene rings is 1. The molecule has 0 aliphatic carbocycles. The van der Waals surface area contributed by atoms with Crippen LogP contribution in [0.5, 0.6) is 0 Å². The quantitative estimate of drug-likeness (QED) is 0.641. The lowest BCUT2D eigenvalue weighted by Crippen LogP contribution is -2.32. The number of carbonyl (C=O) groups excluding carboxylic acids is 1. The first-order chi connectivity index (χ1) is 12.8. The number of halogens is 3. The standard InChI is InChI=1S/C19H24F3N3OS/c1-4-6-12-24(11-5-2)17(26)23-18-25(13-14(3)27-18)16-9-7-15(8-10-16)19(20,21)22/h7-10,13H,4-6,11-12H2,1-3H3/b23-18-. The number of aromatic nitrogens is 1. The summed E-state index contributed by atoms with van der Waals surface area (Å²) in [6.45, 7) is 7.22. The van der Waals surface area contributed by atoms with E-state index in [0.29, 0.717) is 23.6 Å². The van der Waals surface area contributed by atoms with Gasteiger partial charge >= 0.3 is 12.2 Å². The van der Waals surface area contributed by atoms with E-state index in [4.69, 9.17) is 0 Å². The van der Waals surface area contributed by atoms with Crippen molar-refractivity contribution in [1.82, 2.24) is 9.47 Å². The maximum atomic E-state index is 12.8. The van der Waals surface area contributed by atoms with Crippen molar-refractivity contribution in [2.75, 3.05) is 13.1 Å². The van der Waals surface area contributed by atoms with Gasteiger partial charge in [-0.1, -0.05) is 20.3 Å². The maximum Gasteiger partial charge on any atom is 0.416 e. The Morgan fingerprint density at radius 1 is 1.15 bits per heavy atom. The Morgan fingerprint density at radius 3 is 2.37 bits per heavy atom. The van der Waals surface area contributed by atoms with Crippen LogP contribution in [0.4, 0.5) is 18.0 Å². The van der Waals surface area contributed by atoms with Crippen LogP contribution in [0.2, 0.25) is 0 Å². The minimum atomic E-state index is -4.38. The minimum Gasteiger partial charge on any atom is -0.323 e.